The lowest BCUT2D eigenvalue weighted by molar-refractivity contribution is -0.135. The van der Waals surface area contributed by atoms with E-state index in [1.165, 1.54) is 6.07 Å². The van der Waals surface area contributed by atoms with Crippen LogP contribution in [0.15, 0.2) is 48.5 Å². The fourth-order valence-electron chi connectivity index (χ4n) is 4.82. The molecule has 44 heavy (non-hydrogen) atoms. The lowest BCUT2D eigenvalue weighted by Crippen LogP contribution is -2.55. The van der Waals surface area contributed by atoms with Gasteiger partial charge in [-0.2, -0.15) is 0 Å². The molecule has 1 aliphatic rings. The molecule has 3 atom stereocenters. The van der Waals surface area contributed by atoms with Crippen LogP contribution in [0.25, 0.3) is 0 Å². The molecule has 1 aliphatic heterocycles. The van der Waals surface area contributed by atoms with E-state index in [0.717, 1.165) is 17.7 Å². The minimum absolute atomic E-state index is 0.0805. The number of halogens is 2. The Labute approximate surface area is 258 Å². The van der Waals surface area contributed by atoms with Crippen LogP contribution < -0.4 is 10.1 Å². The maximum atomic E-state index is 13.7. The van der Waals surface area contributed by atoms with Crippen molar-refractivity contribution in [2.75, 3.05) is 26.2 Å². The zero-order valence-corrected chi connectivity index (χ0v) is 26.7. The molecule has 242 valence electrons. The van der Waals surface area contributed by atoms with E-state index < -0.39 is 40.9 Å². The van der Waals surface area contributed by atoms with Crippen molar-refractivity contribution in [1.82, 2.24) is 15.1 Å². The fourth-order valence-corrected chi connectivity index (χ4v) is 4.82. The number of carbonyl (C=O) groups excluding carboxylic acids is 3. The van der Waals surface area contributed by atoms with Crippen molar-refractivity contribution in [3.05, 3.63) is 65.7 Å². The van der Waals surface area contributed by atoms with Gasteiger partial charge in [0.25, 0.3) is 0 Å². The monoisotopic (exact) mass is 617 g/mol. The zero-order chi connectivity index (χ0) is 32.7. The van der Waals surface area contributed by atoms with Gasteiger partial charge in [-0.15, -0.1) is 0 Å². The molecule has 0 saturated carbocycles. The first-order chi connectivity index (χ1) is 20.5. The van der Waals surface area contributed by atoms with E-state index in [0.29, 0.717) is 13.0 Å². The van der Waals surface area contributed by atoms with Crippen LogP contribution >= 0.6 is 0 Å². The van der Waals surface area contributed by atoms with Crippen LogP contribution in [-0.4, -0.2) is 71.8 Å². The molecule has 0 bridgehead atoms. The Balaban J connectivity index is 1.72. The van der Waals surface area contributed by atoms with E-state index in [2.05, 4.69) is 5.32 Å². The molecule has 3 rings (SSSR count). The lowest BCUT2D eigenvalue weighted by Gasteiger charge is -2.35. The molecule has 11 heteroatoms. The normalized spacial score (nSPS) is 16.6. The minimum Gasteiger partial charge on any atom is -0.493 e. The number of rotatable bonds is 10. The Morgan fingerprint density at radius 2 is 1.70 bits per heavy atom. The van der Waals surface area contributed by atoms with Crippen LogP contribution in [0.5, 0.6) is 5.75 Å². The number of nitrogens with zero attached hydrogens (tertiary/aromatic N) is 2. The van der Waals surface area contributed by atoms with Crippen LogP contribution in [0.3, 0.4) is 0 Å². The van der Waals surface area contributed by atoms with Gasteiger partial charge in [0, 0.05) is 31.6 Å². The largest absolute Gasteiger partial charge is 0.493 e. The summed E-state index contributed by atoms with van der Waals surface area (Å²) in [5, 5.41) is 2.74. The van der Waals surface area contributed by atoms with Crippen LogP contribution in [0.2, 0.25) is 0 Å². The number of hydrogen-bond acceptors (Lipinski definition) is 6. The molecule has 0 spiro atoms. The molecule has 0 aliphatic carbocycles. The van der Waals surface area contributed by atoms with Gasteiger partial charge in [-0.1, -0.05) is 58.0 Å². The average Bonchev–Trinajstić information content (AvgIpc) is 3.43. The van der Waals surface area contributed by atoms with Crippen molar-refractivity contribution in [2.24, 2.45) is 11.3 Å². The number of amides is 3. The number of nitrogens with one attached hydrogen (secondary N) is 1. The van der Waals surface area contributed by atoms with Gasteiger partial charge >= 0.3 is 12.2 Å². The molecule has 1 fully saturated rings. The van der Waals surface area contributed by atoms with E-state index >= 15 is 0 Å². The third-order valence-electron chi connectivity index (χ3n) is 7.06. The third kappa shape index (κ3) is 10.4. The Morgan fingerprint density at radius 1 is 1.02 bits per heavy atom. The molecule has 2 aromatic rings. The van der Waals surface area contributed by atoms with Gasteiger partial charge in [-0.25, -0.2) is 18.4 Å². The number of ether oxygens (including phenoxy) is 3. The maximum Gasteiger partial charge on any atom is 0.410 e. The summed E-state index contributed by atoms with van der Waals surface area (Å²) in [5.41, 5.74) is -0.494. The lowest BCUT2D eigenvalue weighted by atomic mass is 9.86. The highest BCUT2D eigenvalue weighted by atomic mass is 19.2. The Bertz CT molecular complexity index is 1280. The van der Waals surface area contributed by atoms with Crippen LogP contribution in [0.1, 0.15) is 60.5 Å². The first kappa shape index (κ1) is 34.6. The number of likely N-dealkylation sites (tertiary alicyclic amines) is 1. The molecule has 9 nitrogen and oxygen atoms in total. The molecule has 0 aromatic heterocycles. The first-order valence-corrected chi connectivity index (χ1v) is 14.9. The highest BCUT2D eigenvalue weighted by Crippen LogP contribution is 2.26. The van der Waals surface area contributed by atoms with Crippen molar-refractivity contribution < 1.29 is 37.4 Å². The summed E-state index contributed by atoms with van der Waals surface area (Å²) in [7, 11) is 0. The van der Waals surface area contributed by atoms with Gasteiger partial charge in [-0.3, -0.25) is 4.79 Å². The topological polar surface area (TPSA) is 97.4 Å². The number of alkyl carbamates (subject to hydrolysis) is 1. The summed E-state index contributed by atoms with van der Waals surface area (Å²) in [6.07, 6.45) is -0.707. The maximum absolute atomic E-state index is 13.7. The van der Waals surface area contributed by atoms with Gasteiger partial charge in [0.05, 0.1) is 12.6 Å². The Hall–Kier alpha value is -3.89. The number of carbonyl (C=O) groups is 3. The third-order valence-corrected chi connectivity index (χ3v) is 7.06. The zero-order valence-electron chi connectivity index (χ0n) is 26.7. The van der Waals surface area contributed by atoms with E-state index in [4.69, 9.17) is 14.2 Å². The van der Waals surface area contributed by atoms with E-state index in [1.54, 1.807) is 30.6 Å². The molecule has 1 saturated heterocycles. The SMILES string of the molecule is CC(COc1ccc(F)c(F)c1)CN(C(=O)OCc1ccccc1)C1CCN(C(=O)C(NC(=O)OC(C)(C)C)C(C)(C)C)C1. The van der Waals surface area contributed by atoms with Crippen molar-refractivity contribution in [1.29, 1.82) is 0 Å². The molecular formula is C33H45F2N3O6. The second-order valence-corrected chi connectivity index (χ2v) is 13.4. The molecule has 3 amide bonds. The fraction of sp³-hybridized carbons (Fsp3) is 0.545. The first-order valence-electron chi connectivity index (χ1n) is 14.9. The molecule has 3 unspecified atom stereocenters. The van der Waals surface area contributed by atoms with Gasteiger partial charge in [0.2, 0.25) is 5.91 Å². The number of benzene rings is 2. The van der Waals surface area contributed by atoms with Crippen molar-refractivity contribution in [2.45, 2.75) is 79.2 Å². The molecule has 1 heterocycles. The van der Waals surface area contributed by atoms with Gasteiger partial charge in [0.1, 0.15) is 24.0 Å². The second kappa shape index (κ2) is 14.7. The van der Waals surface area contributed by atoms with Crippen molar-refractivity contribution in [3.8, 4) is 5.75 Å². The Morgan fingerprint density at radius 3 is 2.32 bits per heavy atom. The summed E-state index contributed by atoms with van der Waals surface area (Å²) in [5.74, 6) is -2.27. The molecule has 1 N–H and O–H groups in total. The Kier molecular flexibility index (Phi) is 11.6. The van der Waals surface area contributed by atoms with Crippen molar-refractivity contribution >= 4 is 18.1 Å². The van der Waals surface area contributed by atoms with Gasteiger partial charge in [-0.05, 0) is 50.3 Å². The summed E-state index contributed by atoms with van der Waals surface area (Å²) in [6.45, 7) is 13.8. The highest BCUT2D eigenvalue weighted by molar-refractivity contribution is 5.87. The summed E-state index contributed by atoms with van der Waals surface area (Å²) >= 11 is 0. The smallest absolute Gasteiger partial charge is 0.410 e. The highest BCUT2D eigenvalue weighted by Gasteiger charge is 2.41. The van der Waals surface area contributed by atoms with Gasteiger partial charge < -0.3 is 29.3 Å². The van der Waals surface area contributed by atoms with Crippen molar-refractivity contribution in [3.63, 3.8) is 0 Å². The summed E-state index contributed by atoms with van der Waals surface area (Å²) in [6, 6.07) is 11.4. The number of hydrogen-bond donors (Lipinski definition) is 1. The van der Waals surface area contributed by atoms with E-state index in [-0.39, 0.29) is 49.9 Å². The predicted octanol–water partition coefficient (Wildman–Crippen LogP) is 6.16. The second-order valence-electron chi connectivity index (χ2n) is 13.4. The minimum atomic E-state index is -1.01. The van der Waals surface area contributed by atoms with Crippen LogP contribution in [0, 0.1) is 23.0 Å². The predicted molar refractivity (Wildman–Crippen MR) is 162 cm³/mol. The summed E-state index contributed by atoms with van der Waals surface area (Å²) < 4.78 is 43.7. The standard InChI is InChI=1S/C33H45F2N3O6/c1-22(20-42-25-13-14-26(34)27(35)17-25)18-38(31(41)43-21-23-11-9-8-10-12-23)24-15-16-37(19-24)29(39)28(32(2,3)4)36-30(40)44-33(5,6)7/h8-14,17,22,24,28H,15-16,18-21H2,1-7H3,(H,36,40). The average molecular weight is 618 g/mol. The van der Waals surface area contributed by atoms with Gasteiger partial charge in [0.15, 0.2) is 11.6 Å². The molecule has 0 radical (unpaired) electrons. The van der Waals surface area contributed by atoms with E-state index in [1.807, 2.05) is 58.0 Å². The summed E-state index contributed by atoms with van der Waals surface area (Å²) in [4.78, 5) is 43.0. The molecular weight excluding hydrogens is 572 g/mol. The molecule has 2 aromatic carbocycles. The quantitative estimate of drug-likeness (QED) is 0.343. The van der Waals surface area contributed by atoms with Crippen LogP contribution in [0.4, 0.5) is 18.4 Å². The van der Waals surface area contributed by atoms with Crippen LogP contribution in [-0.2, 0) is 20.9 Å². The van der Waals surface area contributed by atoms with E-state index in [9.17, 15) is 23.2 Å².